The first kappa shape index (κ1) is 21.0. The van der Waals surface area contributed by atoms with E-state index in [2.05, 4.69) is 4.98 Å². The standard InChI is InChI=1S/C24H26N2O5S/c1-12-13(2)32-24(25-12)26-20(14-9-10-17(29-3)18(11-14)30-4)19-21(27)15-7-5-6-8-16(15)31-22(19)23(26)28/h9-11,15-16,20H,5-8H2,1-4H3. The van der Waals surface area contributed by atoms with Crippen LogP contribution in [0.2, 0.25) is 0 Å². The Kier molecular flexibility index (Phi) is 5.20. The molecule has 3 aliphatic rings. The molecule has 0 saturated heterocycles. The first-order valence-corrected chi connectivity index (χ1v) is 11.7. The van der Waals surface area contributed by atoms with Crippen molar-refractivity contribution in [3.05, 3.63) is 45.7 Å². The molecule has 168 valence electrons. The van der Waals surface area contributed by atoms with E-state index < -0.39 is 6.04 Å². The Balaban J connectivity index is 1.67. The Bertz CT molecular complexity index is 1120. The van der Waals surface area contributed by atoms with Crippen LogP contribution in [0.3, 0.4) is 0 Å². The quantitative estimate of drug-likeness (QED) is 0.686. The van der Waals surface area contributed by atoms with Gasteiger partial charge in [-0.1, -0.05) is 12.5 Å². The van der Waals surface area contributed by atoms with E-state index in [1.54, 1.807) is 25.2 Å². The van der Waals surface area contributed by atoms with E-state index in [1.807, 2.05) is 26.0 Å². The fourth-order valence-corrected chi connectivity index (χ4v) is 5.88. The van der Waals surface area contributed by atoms with Crippen LogP contribution in [0, 0.1) is 19.8 Å². The molecule has 0 spiro atoms. The van der Waals surface area contributed by atoms with Crippen LogP contribution in [0.5, 0.6) is 11.5 Å². The molecule has 0 N–H and O–H groups in total. The summed E-state index contributed by atoms with van der Waals surface area (Å²) in [5, 5.41) is 0.568. The van der Waals surface area contributed by atoms with E-state index in [4.69, 9.17) is 14.2 Å². The van der Waals surface area contributed by atoms with Crippen LogP contribution in [0.1, 0.15) is 47.9 Å². The number of ketones is 1. The van der Waals surface area contributed by atoms with E-state index in [9.17, 15) is 9.59 Å². The van der Waals surface area contributed by atoms with E-state index in [0.29, 0.717) is 22.2 Å². The molecule has 8 heteroatoms. The number of hydrogen-bond acceptors (Lipinski definition) is 7. The van der Waals surface area contributed by atoms with Gasteiger partial charge in [0, 0.05) is 4.88 Å². The number of fused-ring (bicyclic) bond motifs is 1. The summed E-state index contributed by atoms with van der Waals surface area (Å²) in [6.45, 7) is 3.90. The molecule has 7 nitrogen and oxygen atoms in total. The lowest BCUT2D eigenvalue weighted by atomic mass is 9.77. The smallest absolute Gasteiger partial charge is 0.296 e. The van der Waals surface area contributed by atoms with Gasteiger partial charge < -0.3 is 14.2 Å². The topological polar surface area (TPSA) is 78.0 Å². The molecule has 1 amide bonds. The van der Waals surface area contributed by atoms with E-state index >= 15 is 0 Å². The number of amides is 1. The first-order chi connectivity index (χ1) is 15.4. The van der Waals surface area contributed by atoms with Gasteiger partial charge in [0.05, 0.1) is 37.4 Å². The molecule has 2 aromatic rings. The second kappa shape index (κ2) is 7.92. The third kappa shape index (κ3) is 3.11. The molecule has 1 saturated carbocycles. The van der Waals surface area contributed by atoms with Crippen LogP contribution in [-0.2, 0) is 14.3 Å². The van der Waals surface area contributed by atoms with Crippen molar-refractivity contribution in [1.29, 1.82) is 0 Å². The number of aryl methyl sites for hydroxylation is 2. The van der Waals surface area contributed by atoms with Crippen LogP contribution >= 0.6 is 11.3 Å². The zero-order valence-corrected chi connectivity index (χ0v) is 19.5. The molecule has 3 heterocycles. The number of aromatic nitrogens is 1. The number of hydrogen-bond donors (Lipinski definition) is 0. The number of Topliss-reactive ketones (excluding diaryl/α,β-unsaturated/α-hetero) is 1. The number of ether oxygens (including phenoxy) is 3. The average molecular weight is 455 g/mol. The summed E-state index contributed by atoms with van der Waals surface area (Å²) >= 11 is 1.45. The van der Waals surface area contributed by atoms with E-state index in [0.717, 1.165) is 41.8 Å². The van der Waals surface area contributed by atoms with Crippen molar-refractivity contribution >= 4 is 28.2 Å². The number of benzene rings is 1. The Morgan fingerprint density at radius 3 is 2.53 bits per heavy atom. The van der Waals surface area contributed by atoms with Gasteiger partial charge in [0.2, 0.25) is 0 Å². The molecule has 1 aromatic heterocycles. The Morgan fingerprint density at radius 2 is 1.84 bits per heavy atom. The van der Waals surface area contributed by atoms with Crippen LogP contribution < -0.4 is 14.4 Å². The minimum atomic E-state index is -0.613. The predicted molar refractivity (Wildman–Crippen MR) is 120 cm³/mol. The maximum atomic E-state index is 13.7. The summed E-state index contributed by atoms with van der Waals surface area (Å²) in [6, 6.07) is 4.88. The summed E-state index contributed by atoms with van der Waals surface area (Å²) in [5.41, 5.74) is 2.07. The molecule has 5 rings (SSSR count). The summed E-state index contributed by atoms with van der Waals surface area (Å²) < 4.78 is 17.1. The van der Waals surface area contributed by atoms with Gasteiger partial charge in [0.15, 0.2) is 28.2 Å². The average Bonchev–Trinajstić information content (AvgIpc) is 3.29. The summed E-state index contributed by atoms with van der Waals surface area (Å²) in [5.74, 6) is 0.835. The number of carbonyl (C=O) groups is 2. The number of anilines is 1. The number of methoxy groups -OCH3 is 2. The van der Waals surface area contributed by atoms with Crippen molar-refractivity contribution < 1.29 is 23.8 Å². The maximum absolute atomic E-state index is 13.7. The third-order valence-corrected chi connectivity index (χ3v) is 7.78. The van der Waals surface area contributed by atoms with Crippen molar-refractivity contribution in [1.82, 2.24) is 4.98 Å². The van der Waals surface area contributed by atoms with Crippen LogP contribution in [0.25, 0.3) is 0 Å². The second-order valence-corrected chi connectivity index (χ2v) is 9.67. The Labute approximate surface area is 191 Å². The van der Waals surface area contributed by atoms with E-state index in [1.165, 1.54) is 11.3 Å². The molecule has 3 unspecified atom stereocenters. The van der Waals surface area contributed by atoms with Crippen LogP contribution in [0.4, 0.5) is 5.13 Å². The van der Waals surface area contributed by atoms with Gasteiger partial charge in [-0.15, -0.1) is 11.3 Å². The highest BCUT2D eigenvalue weighted by Gasteiger charge is 2.53. The van der Waals surface area contributed by atoms with Gasteiger partial charge in [0.1, 0.15) is 6.10 Å². The Morgan fingerprint density at radius 1 is 1.09 bits per heavy atom. The van der Waals surface area contributed by atoms with Crippen molar-refractivity contribution in [2.24, 2.45) is 5.92 Å². The van der Waals surface area contributed by atoms with Gasteiger partial charge in [-0.25, -0.2) is 4.98 Å². The molecule has 1 aliphatic carbocycles. The monoisotopic (exact) mass is 454 g/mol. The highest BCUT2D eigenvalue weighted by molar-refractivity contribution is 7.15. The minimum absolute atomic E-state index is 0.0246. The SMILES string of the molecule is COc1ccc(C2C3=C(OC4CCCCC4C3=O)C(=O)N2c2nc(C)c(C)s2)cc1OC. The molecule has 0 radical (unpaired) electrons. The normalized spacial score (nSPS) is 24.9. The lowest BCUT2D eigenvalue weighted by molar-refractivity contribution is -0.131. The number of thiazole rings is 1. The van der Waals surface area contributed by atoms with Crippen LogP contribution in [0.15, 0.2) is 29.5 Å². The summed E-state index contributed by atoms with van der Waals surface area (Å²) in [4.78, 5) is 34.6. The molecule has 2 aliphatic heterocycles. The van der Waals surface area contributed by atoms with Gasteiger partial charge in [-0.05, 0) is 50.8 Å². The minimum Gasteiger partial charge on any atom is -0.493 e. The van der Waals surface area contributed by atoms with Gasteiger partial charge in [-0.3, -0.25) is 14.5 Å². The van der Waals surface area contributed by atoms with Crippen molar-refractivity contribution in [3.63, 3.8) is 0 Å². The molecule has 0 bridgehead atoms. The summed E-state index contributed by atoms with van der Waals surface area (Å²) in [6.07, 6.45) is 3.39. The molecular formula is C24H26N2O5S. The van der Waals surface area contributed by atoms with Crippen molar-refractivity contribution in [3.8, 4) is 11.5 Å². The largest absolute Gasteiger partial charge is 0.493 e. The zero-order valence-electron chi connectivity index (χ0n) is 18.6. The zero-order chi connectivity index (χ0) is 22.6. The fraction of sp³-hybridized carbons (Fsp3) is 0.458. The Hall–Kier alpha value is -2.87. The van der Waals surface area contributed by atoms with Gasteiger partial charge >= 0.3 is 0 Å². The predicted octanol–water partition coefficient (Wildman–Crippen LogP) is 4.28. The molecule has 1 aromatic carbocycles. The molecule has 3 atom stereocenters. The van der Waals surface area contributed by atoms with Crippen LogP contribution in [-0.4, -0.2) is 37.0 Å². The van der Waals surface area contributed by atoms with Crippen molar-refractivity contribution in [2.75, 3.05) is 19.1 Å². The molecule has 1 fully saturated rings. The number of rotatable bonds is 4. The third-order valence-electron chi connectivity index (χ3n) is 6.71. The fourth-order valence-electron chi connectivity index (χ4n) is 4.94. The number of carbonyl (C=O) groups excluding carboxylic acids is 2. The van der Waals surface area contributed by atoms with E-state index in [-0.39, 0.29) is 29.5 Å². The van der Waals surface area contributed by atoms with Gasteiger partial charge in [-0.2, -0.15) is 0 Å². The second-order valence-electron chi connectivity index (χ2n) is 8.48. The highest BCUT2D eigenvalue weighted by Crippen LogP contribution is 2.49. The molecular weight excluding hydrogens is 428 g/mol. The maximum Gasteiger partial charge on any atom is 0.296 e. The van der Waals surface area contributed by atoms with Gasteiger partial charge in [0.25, 0.3) is 5.91 Å². The molecule has 32 heavy (non-hydrogen) atoms. The number of nitrogens with zero attached hydrogens (tertiary/aromatic N) is 2. The highest BCUT2D eigenvalue weighted by atomic mass is 32.1. The lowest BCUT2D eigenvalue weighted by Gasteiger charge is -2.35. The lowest BCUT2D eigenvalue weighted by Crippen LogP contribution is -2.39. The van der Waals surface area contributed by atoms with Crippen molar-refractivity contribution in [2.45, 2.75) is 51.7 Å². The summed E-state index contributed by atoms with van der Waals surface area (Å²) in [7, 11) is 3.14. The first-order valence-electron chi connectivity index (χ1n) is 10.9.